The molecule has 4 aromatic rings. The summed E-state index contributed by atoms with van der Waals surface area (Å²) in [6.45, 7) is 3.48. The second-order valence-corrected chi connectivity index (χ2v) is 7.83. The molecule has 35 heavy (non-hydrogen) atoms. The maximum atomic E-state index is 13.1. The Labute approximate surface area is 198 Å². The Morgan fingerprint density at radius 2 is 1.86 bits per heavy atom. The number of alkyl halides is 3. The van der Waals surface area contributed by atoms with E-state index in [0.717, 1.165) is 23.4 Å². The molecule has 0 saturated carbocycles. The minimum absolute atomic E-state index is 0.0173. The van der Waals surface area contributed by atoms with Gasteiger partial charge >= 0.3 is 6.18 Å². The van der Waals surface area contributed by atoms with Crippen LogP contribution in [0.15, 0.2) is 94.7 Å². The van der Waals surface area contributed by atoms with Crippen molar-refractivity contribution in [3.8, 4) is 11.4 Å². The van der Waals surface area contributed by atoms with Crippen LogP contribution in [0.3, 0.4) is 0 Å². The number of benzene rings is 2. The average molecular weight is 478 g/mol. The van der Waals surface area contributed by atoms with Gasteiger partial charge in [0.15, 0.2) is 5.69 Å². The summed E-state index contributed by atoms with van der Waals surface area (Å²) in [5.74, 6) is 0. The fraction of sp³-hybridized carbons (Fsp3) is 0.120. The summed E-state index contributed by atoms with van der Waals surface area (Å²) in [6, 6.07) is 13.3. The minimum Gasteiger partial charge on any atom is -0.402 e. The fourth-order valence-electron chi connectivity index (χ4n) is 3.44. The van der Waals surface area contributed by atoms with Gasteiger partial charge in [0.2, 0.25) is 5.43 Å². The van der Waals surface area contributed by atoms with E-state index in [0.29, 0.717) is 11.4 Å². The van der Waals surface area contributed by atoms with E-state index in [1.165, 1.54) is 35.2 Å². The number of nitrogens with zero attached hydrogens (tertiary/aromatic N) is 5. The molecule has 0 aliphatic rings. The first kappa shape index (κ1) is 23.7. The molecule has 2 heterocycles. The van der Waals surface area contributed by atoms with E-state index >= 15 is 0 Å². The summed E-state index contributed by atoms with van der Waals surface area (Å²) in [7, 11) is 0. The van der Waals surface area contributed by atoms with Crippen molar-refractivity contribution in [2.75, 3.05) is 0 Å². The molecule has 0 radical (unpaired) electrons. The Hall–Kier alpha value is -4.47. The highest BCUT2D eigenvalue weighted by Gasteiger charge is 2.30. The van der Waals surface area contributed by atoms with Gasteiger partial charge in [0.1, 0.15) is 0 Å². The molecule has 0 atom stereocenters. The highest BCUT2D eigenvalue weighted by Crippen LogP contribution is 2.31. The Morgan fingerprint density at radius 1 is 1.06 bits per heavy atom. The van der Waals surface area contributed by atoms with Crippen molar-refractivity contribution >= 4 is 11.4 Å². The molecule has 0 aliphatic heterocycles. The average Bonchev–Trinajstić information content (AvgIpc) is 3.34. The van der Waals surface area contributed by atoms with Crippen molar-refractivity contribution in [3.63, 3.8) is 0 Å². The molecule has 0 aliphatic carbocycles. The van der Waals surface area contributed by atoms with Crippen LogP contribution in [0.25, 0.3) is 11.4 Å². The number of aromatic nitrogens is 4. The lowest BCUT2D eigenvalue weighted by atomic mass is 10.1. The topological polar surface area (TPSA) is 91.1 Å². The predicted molar refractivity (Wildman–Crippen MR) is 127 cm³/mol. The lowest BCUT2D eigenvalue weighted by Crippen LogP contribution is -2.21. The zero-order valence-electron chi connectivity index (χ0n) is 18.9. The molecule has 0 amide bonds. The highest BCUT2D eigenvalue weighted by molar-refractivity contribution is 6.08. The number of allylic oxidation sites excluding steroid dienone is 2. The van der Waals surface area contributed by atoms with Gasteiger partial charge in [0.25, 0.3) is 0 Å². The van der Waals surface area contributed by atoms with Crippen molar-refractivity contribution in [1.29, 1.82) is 0 Å². The Bertz CT molecular complexity index is 1480. The maximum absolute atomic E-state index is 13.1. The molecule has 4 rings (SSSR count). The Balaban J connectivity index is 1.80. The van der Waals surface area contributed by atoms with E-state index in [1.54, 1.807) is 17.8 Å². The first-order valence-corrected chi connectivity index (χ1v) is 10.5. The normalized spacial score (nSPS) is 12.7. The van der Waals surface area contributed by atoms with Crippen molar-refractivity contribution in [1.82, 2.24) is 19.6 Å². The molecule has 0 unspecified atom stereocenters. The van der Waals surface area contributed by atoms with Gasteiger partial charge in [-0.3, -0.25) is 4.79 Å². The van der Waals surface area contributed by atoms with Gasteiger partial charge < -0.3 is 5.73 Å². The number of aryl methyl sites for hydroxylation is 1. The van der Waals surface area contributed by atoms with Crippen LogP contribution in [0, 0.1) is 6.92 Å². The van der Waals surface area contributed by atoms with Gasteiger partial charge in [-0.1, -0.05) is 6.07 Å². The lowest BCUT2D eigenvalue weighted by molar-refractivity contribution is -0.137. The van der Waals surface area contributed by atoms with Gasteiger partial charge in [-0.2, -0.15) is 23.4 Å². The smallest absolute Gasteiger partial charge is 0.402 e. The van der Waals surface area contributed by atoms with Crippen LogP contribution in [-0.4, -0.2) is 25.3 Å². The summed E-state index contributed by atoms with van der Waals surface area (Å²) < 4.78 is 42.7. The Morgan fingerprint density at radius 3 is 2.51 bits per heavy atom. The van der Waals surface area contributed by atoms with E-state index in [1.807, 2.05) is 37.4 Å². The van der Waals surface area contributed by atoms with E-state index < -0.39 is 17.2 Å². The third kappa shape index (κ3) is 5.37. The zero-order valence-corrected chi connectivity index (χ0v) is 18.9. The molecule has 2 N–H and O–H groups in total. The summed E-state index contributed by atoms with van der Waals surface area (Å²) >= 11 is 0. The fourth-order valence-corrected chi connectivity index (χ4v) is 3.44. The first-order valence-electron chi connectivity index (χ1n) is 10.5. The van der Waals surface area contributed by atoms with Crippen molar-refractivity contribution in [3.05, 3.63) is 112 Å². The summed E-state index contributed by atoms with van der Waals surface area (Å²) in [6.07, 6.45) is 1.90. The minimum atomic E-state index is -4.52. The quantitative estimate of drug-likeness (QED) is 0.420. The summed E-state index contributed by atoms with van der Waals surface area (Å²) in [4.78, 5) is 17.0. The molecule has 2 aromatic carbocycles. The number of rotatable bonds is 5. The molecule has 7 nitrogen and oxygen atoms in total. The third-order valence-corrected chi connectivity index (χ3v) is 5.03. The first-order chi connectivity index (χ1) is 16.6. The third-order valence-electron chi connectivity index (χ3n) is 5.03. The predicted octanol–water partition coefficient (Wildman–Crippen LogP) is 4.73. The lowest BCUT2D eigenvalue weighted by Gasteiger charge is -2.12. The maximum Gasteiger partial charge on any atom is 0.416 e. The second-order valence-electron chi connectivity index (χ2n) is 7.83. The number of halogens is 3. The van der Waals surface area contributed by atoms with Crippen molar-refractivity contribution in [2.45, 2.75) is 20.0 Å². The SMILES string of the molecule is CC(N)=CC(=Nc1cccc(C(F)(F)F)c1)c1nn(-c2ccc(-n3cccn3)cc2C)ccc1=O. The molecular weight excluding hydrogens is 457 g/mol. The number of nitrogens with two attached hydrogens (primary N) is 1. The monoisotopic (exact) mass is 478 g/mol. The molecule has 178 valence electrons. The van der Waals surface area contributed by atoms with Gasteiger partial charge in [-0.25, -0.2) is 14.4 Å². The molecule has 0 saturated heterocycles. The standard InChI is InChI=1S/C25H21F3N6O/c1-16-13-20(33-11-4-10-30-33)7-8-22(16)34-12-9-23(35)24(32-34)21(14-17(2)29)31-19-6-3-5-18(15-19)25(26,27)28/h3-15H,29H2,1-2H3. The van der Waals surface area contributed by atoms with Gasteiger partial charge in [-0.05, 0) is 68.0 Å². The number of hydrogen-bond donors (Lipinski definition) is 1. The number of aliphatic imine (C=N–C) groups is 1. The van der Waals surface area contributed by atoms with Crippen molar-refractivity contribution in [2.24, 2.45) is 10.7 Å². The van der Waals surface area contributed by atoms with Crippen LogP contribution in [0.4, 0.5) is 18.9 Å². The van der Waals surface area contributed by atoms with Crippen LogP contribution >= 0.6 is 0 Å². The molecule has 0 spiro atoms. The van der Waals surface area contributed by atoms with Crippen LogP contribution in [0.5, 0.6) is 0 Å². The van der Waals surface area contributed by atoms with E-state index in [9.17, 15) is 18.0 Å². The van der Waals surface area contributed by atoms with Crippen LogP contribution in [-0.2, 0) is 6.18 Å². The van der Waals surface area contributed by atoms with E-state index in [2.05, 4.69) is 15.2 Å². The highest BCUT2D eigenvalue weighted by atomic mass is 19.4. The van der Waals surface area contributed by atoms with Crippen LogP contribution in [0.2, 0.25) is 0 Å². The van der Waals surface area contributed by atoms with E-state index in [-0.39, 0.29) is 17.1 Å². The largest absolute Gasteiger partial charge is 0.416 e. The molecular formula is C25H21F3N6O. The molecule has 0 fully saturated rings. The van der Waals surface area contributed by atoms with Crippen molar-refractivity contribution < 1.29 is 13.2 Å². The van der Waals surface area contributed by atoms with Gasteiger partial charge in [0, 0.05) is 30.4 Å². The molecule has 0 bridgehead atoms. The zero-order chi connectivity index (χ0) is 25.2. The second kappa shape index (κ2) is 9.41. The van der Waals surface area contributed by atoms with Gasteiger partial charge in [0.05, 0.1) is 28.3 Å². The summed E-state index contributed by atoms with van der Waals surface area (Å²) in [5.41, 5.74) is 7.28. The molecule has 2 aromatic heterocycles. The number of hydrogen-bond acceptors (Lipinski definition) is 5. The van der Waals surface area contributed by atoms with E-state index in [4.69, 9.17) is 5.73 Å². The van der Waals surface area contributed by atoms with Crippen LogP contribution < -0.4 is 11.2 Å². The molecule has 10 heteroatoms. The Kier molecular flexibility index (Phi) is 6.37. The van der Waals surface area contributed by atoms with Gasteiger partial charge in [-0.15, -0.1) is 0 Å². The van der Waals surface area contributed by atoms with Crippen LogP contribution in [0.1, 0.15) is 23.7 Å². The summed E-state index contributed by atoms with van der Waals surface area (Å²) in [5, 5.41) is 8.66.